The molecule has 0 fully saturated rings. The van der Waals surface area contributed by atoms with E-state index in [1.54, 1.807) is 22.7 Å². The van der Waals surface area contributed by atoms with E-state index in [0.29, 0.717) is 24.2 Å². The van der Waals surface area contributed by atoms with Gasteiger partial charge in [-0.3, -0.25) is 9.59 Å². The van der Waals surface area contributed by atoms with E-state index in [1.165, 1.54) is 9.75 Å². The highest BCUT2D eigenvalue weighted by molar-refractivity contribution is 7.13. The summed E-state index contributed by atoms with van der Waals surface area (Å²) in [4.78, 5) is 37.9. The van der Waals surface area contributed by atoms with Crippen molar-refractivity contribution in [2.24, 2.45) is 0 Å². The lowest BCUT2D eigenvalue weighted by atomic mass is 9.83. The van der Waals surface area contributed by atoms with E-state index in [4.69, 9.17) is 0 Å². The summed E-state index contributed by atoms with van der Waals surface area (Å²) in [5.41, 5.74) is 3.18. The van der Waals surface area contributed by atoms with Gasteiger partial charge in [0.1, 0.15) is 0 Å². The quantitative estimate of drug-likeness (QED) is 0.153. The third-order valence-corrected chi connectivity index (χ3v) is 13.4. The molecule has 2 aromatic rings. The number of nitrogens with zero attached hydrogens (tertiary/aromatic N) is 2. The standard InChI is InChI=1S/C38H56N2O2S2/c1-9-15-17-19-25-39-33(27-21-23-29(43-27)37(7,11-3)12-4)31-32(35(39)41)34(40(36(31)42)26-20-18-16-10-2)28-22-24-30(44-28)38(8,13-5)14-6/h21-24H,9-20,25-26H2,1-8H3. The maximum atomic E-state index is 14.6. The fourth-order valence-electron chi connectivity index (χ4n) is 6.50. The Labute approximate surface area is 275 Å². The molecule has 0 aliphatic carbocycles. The average molecular weight is 637 g/mol. The van der Waals surface area contributed by atoms with Gasteiger partial charge in [0.15, 0.2) is 0 Å². The highest BCUT2D eigenvalue weighted by Gasteiger charge is 2.49. The average Bonchev–Trinajstić information content (AvgIpc) is 3.83. The summed E-state index contributed by atoms with van der Waals surface area (Å²) in [5.74, 6) is 0.0246. The Morgan fingerprint density at radius 3 is 1.23 bits per heavy atom. The lowest BCUT2D eigenvalue weighted by Gasteiger charge is -2.26. The topological polar surface area (TPSA) is 40.6 Å². The Morgan fingerprint density at radius 2 is 0.909 bits per heavy atom. The minimum absolute atomic E-state index is 0.0123. The molecular weight excluding hydrogens is 581 g/mol. The number of carbonyl (C=O) groups excluding carboxylic acids is 2. The SMILES string of the molecule is CCCCCCN1C(=O)C2=C(c3ccc(C(C)(CC)CC)s3)N(CCCCCC)C(=O)C2=C1c1ccc(C(C)(CC)CC)s1. The van der Waals surface area contributed by atoms with Crippen LogP contribution >= 0.6 is 22.7 Å². The second-order valence-electron chi connectivity index (χ2n) is 13.3. The molecule has 2 aliphatic heterocycles. The summed E-state index contributed by atoms with van der Waals surface area (Å²) in [5, 5.41) is 0. The van der Waals surface area contributed by atoms with Gasteiger partial charge in [0.25, 0.3) is 11.8 Å². The molecule has 6 heteroatoms. The zero-order chi connectivity index (χ0) is 32.1. The zero-order valence-corrected chi connectivity index (χ0v) is 30.4. The molecule has 44 heavy (non-hydrogen) atoms. The van der Waals surface area contributed by atoms with E-state index < -0.39 is 0 Å². The molecule has 0 N–H and O–H groups in total. The van der Waals surface area contributed by atoms with Gasteiger partial charge in [0.05, 0.1) is 32.3 Å². The van der Waals surface area contributed by atoms with Crippen molar-refractivity contribution < 1.29 is 9.59 Å². The summed E-state index contributed by atoms with van der Waals surface area (Å²) >= 11 is 3.56. The Hall–Kier alpha value is -2.18. The normalized spacial score (nSPS) is 15.9. The van der Waals surface area contributed by atoms with Crippen LogP contribution in [0.25, 0.3) is 11.4 Å². The third-order valence-electron chi connectivity index (χ3n) is 10.6. The molecule has 2 amide bonds. The van der Waals surface area contributed by atoms with E-state index >= 15 is 0 Å². The van der Waals surface area contributed by atoms with E-state index in [9.17, 15) is 9.59 Å². The van der Waals surface area contributed by atoms with Gasteiger partial charge in [-0.25, -0.2) is 0 Å². The Bertz CT molecular complexity index is 1260. The Balaban J connectivity index is 1.89. The minimum atomic E-state index is 0.0123. The van der Waals surface area contributed by atoms with Gasteiger partial charge in [-0.05, 0) is 62.8 Å². The van der Waals surface area contributed by atoms with Gasteiger partial charge in [-0.2, -0.15) is 0 Å². The van der Waals surface area contributed by atoms with Crippen LogP contribution in [0.4, 0.5) is 0 Å². The first-order chi connectivity index (χ1) is 21.1. The molecule has 0 saturated heterocycles. The summed E-state index contributed by atoms with van der Waals surface area (Å²) in [6, 6.07) is 8.84. The number of hydrogen-bond acceptors (Lipinski definition) is 4. The number of hydrogen-bond donors (Lipinski definition) is 0. The van der Waals surface area contributed by atoms with Crippen molar-refractivity contribution >= 4 is 45.9 Å². The van der Waals surface area contributed by atoms with Crippen LogP contribution in [0.2, 0.25) is 0 Å². The molecule has 0 bridgehead atoms. The third kappa shape index (κ3) is 6.54. The fourth-order valence-corrected chi connectivity index (χ4v) is 9.21. The van der Waals surface area contributed by atoms with E-state index in [0.717, 1.165) is 98.2 Å². The first-order valence-electron chi connectivity index (χ1n) is 17.5. The second-order valence-corrected chi connectivity index (χ2v) is 15.5. The monoisotopic (exact) mass is 636 g/mol. The molecule has 0 aromatic carbocycles. The van der Waals surface area contributed by atoms with Gasteiger partial charge >= 0.3 is 0 Å². The van der Waals surface area contributed by atoms with Crippen molar-refractivity contribution in [3.63, 3.8) is 0 Å². The summed E-state index contributed by atoms with van der Waals surface area (Å²) < 4.78 is 0. The Morgan fingerprint density at radius 1 is 0.545 bits per heavy atom. The second kappa shape index (κ2) is 14.9. The Kier molecular flexibility index (Phi) is 11.8. The smallest absolute Gasteiger partial charge is 0.261 e. The predicted octanol–water partition coefficient (Wildman–Crippen LogP) is 10.9. The number of fused-ring (bicyclic) bond motifs is 1. The summed E-state index contributed by atoms with van der Waals surface area (Å²) in [7, 11) is 0. The molecule has 0 radical (unpaired) electrons. The van der Waals surface area contributed by atoms with Crippen molar-refractivity contribution in [1.29, 1.82) is 0 Å². The lowest BCUT2D eigenvalue weighted by Crippen LogP contribution is -2.30. The molecule has 2 aliphatic rings. The van der Waals surface area contributed by atoms with E-state index in [-0.39, 0.29) is 22.6 Å². The molecule has 0 atom stereocenters. The number of unbranched alkanes of at least 4 members (excludes halogenated alkanes) is 6. The number of carbonyl (C=O) groups is 2. The molecule has 0 saturated carbocycles. The maximum absolute atomic E-state index is 14.6. The van der Waals surface area contributed by atoms with Crippen molar-refractivity contribution in [2.45, 2.75) is 143 Å². The number of rotatable bonds is 18. The van der Waals surface area contributed by atoms with Gasteiger partial charge in [0.2, 0.25) is 0 Å². The van der Waals surface area contributed by atoms with Crippen LogP contribution in [0.5, 0.6) is 0 Å². The van der Waals surface area contributed by atoms with Gasteiger partial charge in [0, 0.05) is 33.7 Å². The lowest BCUT2D eigenvalue weighted by molar-refractivity contribution is -0.124. The molecule has 0 spiro atoms. The molecule has 2 aromatic heterocycles. The predicted molar refractivity (Wildman–Crippen MR) is 190 cm³/mol. The van der Waals surface area contributed by atoms with Gasteiger partial charge in [-0.1, -0.05) is 93.9 Å². The van der Waals surface area contributed by atoms with Crippen molar-refractivity contribution in [1.82, 2.24) is 9.80 Å². The van der Waals surface area contributed by atoms with Crippen LogP contribution in [0, 0.1) is 0 Å². The highest BCUT2D eigenvalue weighted by Crippen LogP contribution is 2.50. The van der Waals surface area contributed by atoms with Crippen LogP contribution in [-0.2, 0) is 20.4 Å². The van der Waals surface area contributed by atoms with Crippen molar-refractivity contribution in [3.05, 3.63) is 54.9 Å². The summed E-state index contributed by atoms with van der Waals surface area (Å²) in [6.45, 7) is 19.4. The van der Waals surface area contributed by atoms with Crippen LogP contribution in [0.1, 0.15) is 152 Å². The van der Waals surface area contributed by atoms with Crippen molar-refractivity contribution in [3.8, 4) is 0 Å². The molecule has 242 valence electrons. The largest absolute Gasteiger partial charge is 0.306 e. The first kappa shape index (κ1) is 34.7. The maximum Gasteiger partial charge on any atom is 0.261 e. The molecule has 4 nitrogen and oxygen atoms in total. The fraction of sp³-hybridized carbons (Fsp3) is 0.632. The van der Waals surface area contributed by atoms with E-state index in [2.05, 4.69) is 79.7 Å². The molecule has 4 rings (SSSR count). The number of amides is 2. The highest BCUT2D eigenvalue weighted by atomic mass is 32.1. The van der Waals surface area contributed by atoms with E-state index in [1.807, 2.05) is 9.80 Å². The van der Waals surface area contributed by atoms with Crippen LogP contribution in [0.15, 0.2) is 35.4 Å². The molecule has 4 heterocycles. The van der Waals surface area contributed by atoms with Crippen molar-refractivity contribution in [2.75, 3.05) is 13.1 Å². The van der Waals surface area contributed by atoms with Crippen LogP contribution in [-0.4, -0.2) is 34.7 Å². The first-order valence-corrected chi connectivity index (χ1v) is 19.1. The molecular formula is C38H56N2O2S2. The zero-order valence-electron chi connectivity index (χ0n) is 28.7. The van der Waals surface area contributed by atoms with Crippen LogP contribution in [0.3, 0.4) is 0 Å². The molecule has 0 unspecified atom stereocenters. The summed E-state index contributed by atoms with van der Waals surface area (Å²) in [6.07, 6.45) is 12.9. The van der Waals surface area contributed by atoms with Gasteiger partial charge < -0.3 is 9.80 Å². The minimum Gasteiger partial charge on any atom is -0.306 e. The number of thiophene rings is 2. The van der Waals surface area contributed by atoms with Gasteiger partial charge in [-0.15, -0.1) is 22.7 Å². The van der Waals surface area contributed by atoms with Crippen LogP contribution < -0.4 is 0 Å².